The number of pyridine rings is 1. The fraction of sp³-hybridized carbons (Fsp3) is 0.353. The Balaban J connectivity index is 1.87. The van der Waals surface area contributed by atoms with E-state index in [1.165, 1.54) is 12.8 Å². The van der Waals surface area contributed by atoms with Crippen LogP contribution >= 0.6 is 0 Å². The Hall–Kier alpha value is -1.87. The van der Waals surface area contributed by atoms with Crippen molar-refractivity contribution in [3.63, 3.8) is 0 Å². The number of hydrogen-bond acceptors (Lipinski definition) is 3. The third-order valence-electron chi connectivity index (χ3n) is 3.80. The number of nitrogens with zero attached hydrogens (tertiary/aromatic N) is 1. The zero-order valence-electron chi connectivity index (χ0n) is 11.5. The van der Waals surface area contributed by atoms with Gasteiger partial charge in [0, 0.05) is 11.8 Å². The normalized spacial score (nSPS) is 15.4. The lowest BCUT2D eigenvalue weighted by atomic mass is 10.1. The lowest BCUT2D eigenvalue weighted by molar-refractivity contribution is 0.202. The highest BCUT2D eigenvalue weighted by molar-refractivity contribution is 5.68. The van der Waals surface area contributed by atoms with Gasteiger partial charge >= 0.3 is 0 Å². The first-order valence-electron chi connectivity index (χ1n) is 7.18. The van der Waals surface area contributed by atoms with Crippen LogP contribution in [0.2, 0.25) is 0 Å². The van der Waals surface area contributed by atoms with E-state index >= 15 is 0 Å². The van der Waals surface area contributed by atoms with Gasteiger partial charge in [0.15, 0.2) is 0 Å². The molecule has 0 saturated heterocycles. The van der Waals surface area contributed by atoms with Crippen molar-refractivity contribution < 1.29 is 9.84 Å². The topological polar surface area (TPSA) is 42.4 Å². The largest absolute Gasteiger partial charge is 0.474 e. The number of benzene rings is 1. The van der Waals surface area contributed by atoms with Gasteiger partial charge in [0.05, 0.1) is 6.61 Å². The van der Waals surface area contributed by atoms with E-state index < -0.39 is 0 Å². The molecule has 0 amide bonds. The summed E-state index contributed by atoms with van der Waals surface area (Å²) in [6.45, 7) is 0.0682. The predicted molar refractivity (Wildman–Crippen MR) is 78.5 cm³/mol. The number of aromatic nitrogens is 1. The summed E-state index contributed by atoms with van der Waals surface area (Å²) < 4.78 is 6.06. The van der Waals surface area contributed by atoms with E-state index in [2.05, 4.69) is 4.98 Å². The molecule has 3 nitrogen and oxygen atoms in total. The third-order valence-corrected chi connectivity index (χ3v) is 3.80. The summed E-state index contributed by atoms with van der Waals surface area (Å²) in [6.07, 6.45) is 6.82. The van der Waals surface area contributed by atoms with Crippen molar-refractivity contribution in [2.24, 2.45) is 0 Å². The molecule has 0 radical (unpaired) electrons. The lowest BCUT2D eigenvalue weighted by Crippen LogP contribution is -2.12. The molecular weight excluding hydrogens is 250 g/mol. The second-order valence-electron chi connectivity index (χ2n) is 5.24. The molecule has 1 aliphatic carbocycles. The summed E-state index contributed by atoms with van der Waals surface area (Å²) in [5.41, 5.74) is 3.00. The van der Waals surface area contributed by atoms with Crippen LogP contribution in [0.4, 0.5) is 0 Å². The quantitative estimate of drug-likeness (QED) is 0.922. The van der Waals surface area contributed by atoms with Crippen LogP contribution in [0.3, 0.4) is 0 Å². The highest BCUT2D eigenvalue weighted by Gasteiger charge is 2.18. The molecule has 1 saturated carbocycles. The van der Waals surface area contributed by atoms with Gasteiger partial charge in [0.2, 0.25) is 5.88 Å². The standard InChI is InChI=1S/C17H19NO2/c19-12-13-7-9-14(10-8-13)16-6-3-11-18-17(16)20-15-4-1-2-5-15/h3,6-11,15,19H,1-2,4-5,12H2. The van der Waals surface area contributed by atoms with E-state index in [1.54, 1.807) is 6.20 Å². The first-order chi connectivity index (χ1) is 9.86. The van der Waals surface area contributed by atoms with Crippen LogP contribution in [0.25, 0.3) is 11.1 Å². The molecule has 0 unspecified atom stereocenters. The fourth-order valence-corrected chi connectivity index (χ4v) is 2.66. The van der Waals surface area contributed by atoms with Crippen LogP contribution in [0.1, 0.15) is 31.2 Å². The monoisotopic (exact) mass is 269 g/mol. The van der Waals surface area contributed by atoms with Gasteiger partial charge in [-0.2, -0.15) is 0 Å². The summed E-state index contributed by atoms with van der Waals surface area (Å²) in [6, 6.07) is 11.8. The minimum Gasteiger partial charge on any atom is -0.474 e. The number of aliphatic hydroxyl groups excluding tert-OH is 1. The molecule has 0 spiro atoms. The molecule has 2 aromatic rings. The Morgan fingerprint density at radius 2 is 1.85 bits per heavy atom. The lowest BCUT2D eigenvalue weighted by Gasteiger charge is -2.15. The molecule has 3 rings (SSSR count). The molecule has 1 aromatic carbocycles. The third kappa shape index (κ3) is 2.83. The van der Waals surface area contributed by atoms with Crippen molar-refractivity contribution in [3.05, 3.63) is 48.2 Å². The molecule has 1 fully saturated rings. The summed E-state index contributed by atoms with van der Waals surface area (Å²) in [5, 5.41) is 9.11. The van der Waals surface area contributed by atoms with Gasteiger partial charge in [-0.15, -0.1) is 0 Å². The van der Waals surface area contributed by atoms with Crippen molar-refractivity contribution in [2.75, 3.05) is 0 Å². The van der Waals surface area contributed by atoms with Gasteiger partial charge < -0.3 is 9.84 Å². The fourth-order valence-electron chi connectivity index (χ4n) is 2.66. The molecule has 1 heterocycles. The average Bonchev–Trinajstić information content (AvgIpc) is 3.01. The summed E-state index contributed by atoms with van der Waals surface area (Å²) in [4.78, 5) is 4.39. The van der Waals surface area contributed by atoms with Crippen LogP contribution < -0.4 is 4.74 Å². The molecule has 0 aliphatic heterocycles. The van der Waals surface area contributed by atoms with Crippen LogP contribution in [0.15, 0.2) is 42.6 Å². The van der Waals surface area contributed by atoms with Gasteiger partial charge in [-0.05, 0) is 48.9 Å². The second kappa shape index (κ2) is 6.06. The van der Waals surface area contributed by atoms with Crippen molar-refractivity contribution in [3.8, 4) is 17.0 Å². The molecule has 20 heavy (non-hydrogen) atoms. The van der Waals surface area contributed by atoms with Crippen LogP contribution in [-0.2, 0) is 6.61 Å². The summed E-state index contributed by atoms with van der Waals surface area (Å²) in [7, 11) is 0. The van der Waals surface area contributed by atoms with E-state index in [9.17, 15) is 0 Å². The van der Waals surface area contributed by atoms with Crippen LogP contribution in [-0.4, -0.2) is 16.2 Å². The van der Waals surface area contributed by atoms with Gasteiger partial charge in [-0.25, -0.2) is 4.98 Å². The van der Waals surface area contributed by atoms with Crippen molar-refractivity contribution in [1.29, 1.82) is 0 Å². The van der Waals surface area contributed by atoms with Gasteiger partial charge in [0.1, 0.15) is 6.10 Å². The van der Waals surface area contributed by atoms with Gasteiger partial charge in [-0.3, -0.25) is 0 Å². The van der Waals surface area contributed by atoms with Crippen molar-refractivity contribution in [2.45, 2.75) is 38.4 Å². The molecule has 104 valence electrons. The van der Waals surface area contributed by atoms with Gasteiger partial charge in [-0.1, -0.05) is 24.3 Å². The molecule has 1 aromatic heterocycles. The Labute approximate surface area is 119 Å². The molecule has 1 aliphatic rings. The molecule has 0 atom stereocenters. The second-order valence-corrected chi connectivity index (χ2v) is 5.24. The van der Waals surface area contributed by atoms with E-state index in [-0.39, 0.29) is 6.61 Å². The Kier molecular flexibility index (Phi) is 3.97. The van der Waals surface area contributed by atoms with Crippen LogP contribution in [0.5, 0.6) is 5.88 Å². The molecule has 0 bridgehead atoms. The van der Waals surface area contributed by atoms with E-state index in [0.29, 0.717) is 6.10 Å². The smallest absolute Gasteiger partial charge is 0.221 e. The minimum atomic E-state index is 0.0682. The number of hydrogen-bond donors (Lipinski definition) is 1. The zero-order chi connectivity index (χ0) is 13.8. The maximum absolute atomic E-state index is 9.11. The predicted octanol–water partition coefficient (Wildman–Crippen LogP) is 3.56. The average molecular weight is 269 g/mol. The Bertz CT molecular complexity index is 559. The maximum atomic E-state index is 9.11. The first-order valence-corrected chi connectivity index (χ1v) is 7.18. The Morgan fingerprint density at radius 3 is 2.55 bits per heavy atom. The zero-order valence-corrected chi connectivity index (χ0v) is 11.5. The SMILES string of the molecule is OCc1ccc(-c2cccnc2OC2CCCC2)cc1. The minimum absolute atomic E-state index is 0.0682. The van der Waals surface area contributed by atoms with Crippen molar-refractivity contribution in [1.82, 2.24) is 4.98 Å². The summed E-state index contributed by atoms with van der Waals surface area (Å²) >= 11 is 0. The van der Waals surface area contributed by atoms with Crippen LogP contribution in [0, 0.1) is 0 Å². The van der Waals surface area contributed by atoms with Gasteiger partial charge in [0.25, 0.3) is 0 Å². The Morgan fingerprint density at radius 1 is 1.10 bits per heavy atom. The number of rotatable bonds is 4. The number of aliphatic hydroxyl groups is 1. The maximum Gasteiger partial charge on any atom is 0.221 e. The number of ether oxygens (including phenoxy) is 1. The molecule has 1 N–H and O–H groups in total. The first kappa shape index (κ1) is 13.1. The molecular formula is C17H19NO2. The highest BCUT2D eigenvalue weighted by atomic mass is 16.5. The summed E-state index contributed by atoms with van der Waals surface area (Å²) in [5.74, 6) is 0.719. The van der Waals surface area contributed by atoms with Crippen molar-refractivity contribution >= 4 is 0 Å². The highest BCUT2D eigenvalue weighted by Crippen LogP contribution is 2.31. The van der Waals surface area contributed by atoms with E-state index in [4.69, 9.17) is 9.84 Å². The molecule has 3 heteroatoms. The van der Waals surface area contributed by atoms with E-state index in [1.807, 2.05) is 36.4 Å². The van der Waals surface area contributed by atoms with E-state index in [0.717, 1.165) is 35.4 Å².